The Balaban J connectivity index is 2.08. The van der Waals surface area contributed by atoms with Gasteiger partial charge in [0.15, 0.2) is 0 Å². The molecule has 0 aliphatic rings. The van der Waals surface area contributed by atoms with Crippen molar-refractivity contribution in [2.45, 2.75) is 31.7 Å². The van der Waals surface area contributed by atoms with Crippen LogP contribution in [0.5, 0.6) is 5.75 Å². The highest BCUT2D eigenvalue weighted by Crippen LogP contribution is 2.23. The molecule has 0 unspecified atom stereocenters. The minimum absolute atomic E-state index is 0.0551. The number of benzene rings is 2. The van der Waals surface area contributed by atoms with Gasteiger partial charge in [0.05, 0.1) is 17.5 Å². The van der Waals surface area contributed by atoms with Crippen molar-refractivity contribution in [1.82, 2.24) is 4.72 Å². The lowest BCUT2D eigenvalue weighted by Gasteiger charge is -2.16. The molecule has 0 saturated carbocycles. The Morgan fingerprint density at radius 1 is 1.19 bits per heavy atom. The molecule has 2 N–H and O–H groups in total. The fraction of sp³-hybridized carbons (Fsp3) is 0.278. The number of rotatable bonds is 7. The van der Waals surface area contributed by atoms with Crippen LogP contribution in [0.3, 0.4) is 0 Å². The molecule has 0 radical (unpaired) electrons. The first kappa shape index (κ1) is 20.2. The largest absolute Gasteiger partial charge is 0.494 e. The van der Waals surface area contributed by atoms with Crippen molar-refractivity contribution < 1.29 is 17.9 Å². The SMILES string of the molecule is CCOc1ccc(S(=O)(=O)N[C@@H](C)C(=O)Nc2cccc(Cl)c2C)cc1. The van der Waals surface area contributed by atoms with Crippen LogP contribution in [0.2, 0.25) is 5.02 Å². The van der Waals surface area contributed by atoms with Crippen molar-refractivity contribution in [2.75, 3.05) is 11.9 Å². The van der Waals surface area contributed by atoms with Crippen LogP contribution in [0.4, 0.5) is 5.69 Å². The highest BCUT2D eigenvalue weighted by molar-refractivity contribution is 7.89. The molecular formula is C18H21ClN2O4S. The molecule has 0 aliphatic heterocycles. The zero-order chi connectivity index (χ0) is 19.3. The maximum absolute atomic E-state index is 12.4. The summed E-state index contributed by atoms with van der Waals surface area (Å²) in [4.78, 5) is 12.4. The van der Waals surface area contributed by atoms with Gasteiger partial charge in [0.2, 0.25) is 15.9 Å². The summed E-state index contributed by atoms with van der Waals surface area (Å²) in [6, 6.07) is 10.1. The maximum Gasteiger partial charge on any atom is 0.242 e. The van der Waals surface area contributed by atoms with Crippen LogP contribution in [-0.2, 0) is 14.8 Å². The normalized spacial score (nSPS) is 12.5. The van der Waals surface area contributed by atoms with Gasteiger partial charge in [-0.05, 0) is 62.7 Å². The molecular weight excluding hydrogens is 376 g/mol. The van der Waals surface area contributed by atoms with E-state index in [1.165, 1.54) is 19.1 Å². The molecule has 2 aromatic carbocycles. The lowest BCUT2D eigenvalue weighted by molar-refractivity contribution is -0.117. The molecule has 0 fully saturated rings. The standard InChI is InChI=1S/C18H21ClN2O4S/c1-4-25-14-8-10-15(11-9-14)26(23,24)21-13(3)18(22)20-17-7-5-6-16(19)12(17)2/h5-11,13,21H,4H2,1-3H3,(H,20,22)/t13-/m0/s1. The summed E-state index contributed by atoms with van der Waals surface area (Å²) in [5, 5.41) is 3.20. The van der Waals surface area contributed by atoms with Crippen LogP contribution in [0.1, 0.15) is 19.4 Å². The molecule has 26 heavy (non-hydrogen) atoms. The zero-order valence-electron chi connectivity index (χ0n) is 14.7. The van der Waals surface area contributed by atoms with Crippen LogP contribution < -0.4 is 14.8 Å². The average molecular weight is 397 g/mol. The molecule has 1 amide bonds. The van der Waals surface area contributed by atoms with E-state index in [9.17, 15) is 13.2 Å². The Morgan fingerprint density at radius 3 is 2.46 bits per heavy atom. The van der Waals surface area contributed by atoms with Gasteiger partial charge in [-0.2, -0.15) is 4.72 Å². The van der Waals surface area contributed by atoms with Gasteiger partial charge in [-0.15, -0.1) is 0 Å². The predicted octanol–water partition coefficient (Wildman–Crippen LogP) is 3.35. The summed E-state index contributed by atoms with van der Waals surface area (Å²) in [6.07, 6.45) is 0. The molecule has 0 bridgehead atoms. The summed E-state index contributed by atoms with van der Waals surface area (Å²) >= 11 is 6.03. The molecule has 8 heteroatoms. The van der Waals surface area contributed by atoms with Crippen LogP contribution in [0, 0.1) is 6.92 Å². The van der Waals surface area contributed by atoms with Crippen LogP contribution in [0.25, 0.3) is 0 Å². The first-order valence-electron chi connectivity index (χ1n) is 8.05. The Bertz CT molecular complexity index is 883. The fourth-order valence-electron chi connectivity index (χ4n) is 2.22. The molecule has 2 aromatic rings. The molecule has 0 spiro atoms. The molecule has 0 saturated heterocycles. The molecule has 0 aliphatic carbocycles. The Labute approximate surface area is 158 Å². The molecule has 1 atom stereocenters. The van der Waals surface area contributed by atoms with Crippen molar-refractivity contribution in [2.24, 2.45) is 0 Å². The van der Waals surface area contributed by atoms with E-state index in [1.807, 2.05) is 6.92 Å². The molecule has 140 valence electrons. The number of carbonyl (C=O) groups excluding carboxylic acids is 1. The molecule has 2 rings (SSSR count). The number of hydrogen-bond acceptors (Lipinski definition) is 4. The van der Waals surface area contributed by atoms with Crippen molar-refractivity contribution in [1.29, 1.82) is 0 Å². The van der Waals surface area contributed by atoms with Crippen LogP contribution in [0.15, 0.2) is 47.4 Å². The number of halogens is 1. The third kappa shape index (κ3) is 4.97. The van der Waals surface area contributed by atoms with E-state index in [1.54, 1.807) is 37.3 Å². The molecule has 6 nitrogen and oxygen atoms in total. The lowest BCUT2D eigenvalue weighted by atomic mass is 10.2. The minimum atomic E-state index is -3.84. The molecule has 0 aromatic heterocycles. The number of hydrogen-bond donors (Lipinski definition) is 2. The smallest absolute Gasteiger partial charge is 0.242 e. The van der Waals surface area contributed by atoms with Gasteiger partial charge >= 0.3 is 0 Å². The van der Waals surface area contributed by atoms with E-state index in [2.05, 4.69) is 10.0 Å². The number of ether oxygens (including phenoxy) is 1. The quantitative estimate of drug-likeness (QED) is 0.751. The van der Waals surface area contributed by atoms with Gasteiger partial charge in [0.1, 0.15) is 5.75 Å². The topological polar surface area (TPSA) is 84.5 Å². The Morgan fingerprint density at radius 2 is 1.85 bits per heavy atom. The Kier molecular flexibility index (Phi) is 6.63. The number of amides is 1. The lowest BCUT2D eigenvalue weighted by Crippen LogP contribution is -2.41. The Hall–Kier alpha value is -2.09. The van der Waals surface area contributed by atoms with Crippen LogP contribution >= 0.6 is 11.6 Å². The number of sulfonamides is 1. The fourth-order valence-corrected chi connectivity index (χ4v) is 3.60. The summed E-state index contributed by atoms with van der Waals surface area (Å²) in [5.74, 6) is 0.0959. The van der Waals surface area contributed by atoms with Crippen molar-refractivity contribution in [3.63, 3.8) is 0 Å². The van der Waals surface area contributed by atoms with E-state index in [0.29, 0.717) is 28.6 Å². The van der Waals surface area contributed by atoms with Crippen molar-refractivity contribution in [3.8, 4) is 5.75 Å². The highest BCUT2D eigenvalue weighted by Gasteiger charge is 2.22. The summed E-state index contributed by atoms with van der Waals surface area (Å²) in [7, 11) is -3.84. The average Bonchev–Trinajstić information content (AvgIpc) is 2.59. The monoisotopic (exact) mass is 396 g/mol. The van der Waals surface area contributed by atoms with E-state index < -0.39 is 22.0 Å². The van der Waals surface area contributed by atoms with E-state index >= 15 is 0 Å². The second-order valence-corrected chi connectivity index (χ2v) is 7.77. The summed E-state index contributed by atoms with van der Waals surface area (Å²) < 4.78 is 32.5. The van der Waals surface area contributed by atoms with Crippen LogP contribution in [-0.4, -0.2) is 27.0 Å². The van der Waals surface area contributed by atoms with Gasteiger partial charge in [-0.25, -0.2) is 8.42 Å². The van der Waals surface area contributed by atoms with Gasteiger partial charge < -0.3 is 10.1 Å². The maximum atomic E-state index is 12.4. The predicted molar refractivity (Wildman–Crippen MR) is 102 cm³/mol. The first-order valence-corrected chi connectivity index (χ1v) is 9.92. The zero-order valence-corrected chi connectivity index (χ0v) is 16.3. The first-order chi connectivity index (χ1) is 12.2. The third-order valence-corrected chi connectivity index (χ3v) is 5.66. The van der Waals surface area contributed by atoms with E-state index in [-0.39, 0.29) is 4.90 Å². The number of anilines is 1. The number of carbonyl (C=O) groups is 1. The number of nitrogens with one attached hydrogen (secondary N) is 2. The minimum Gasteiger partial charge on any atom is -0.494 e. The second-order valence-electron chi connectivity index (χ2n) is 5.65. The third-order valence-electron chi connectivity index (χ3n) is 3.70. The van der Waals surface area contributed by atoms with Gasteiger partial charge in [-0.1, -0.05) is 17.7 Å². The second kappa shape index (κ2) is 8.53. The van der Waals surface area contributed by atoms with E-state index in [4.69, 9.17) is 16.3 Å². The molecule has 0 heterocycles. The van der Waals surface area contributed by atoms with Crippen molar-refractivity contribution >= 4 is 33.2 Å². The summed E-state index contributed by atoms with van der Waals surface area (Å²) in [6.45, 7) is 5.58. The summed E-state index contributed by atoms with van der Waals surface area (Å²) in [5.41, 5.74) is 1.25. The highest BCUT2D eigenvalue weighted by atomic mass is 35.5. The van der Waals surface area contributed by atoms with Gasteiger partial charge in [0, 0.05) is 10.7 Å². The van der Waals surface area contributed by atoms with E-state index in [0.717, 1.165) is 0 Å². The van der Waals surface area contributed by atoms with Crippen molar-refractivity contribution in [3.05, 3.63) is 53.1 Å². The van der Waals surface area contributed by atoms with Gasteiger partial charge in [-0.3, -0.25) is 4.79 Å². The van der Waals surface area contributed by atoms with Gasteiger partial charge in [0.25, 0.3) is 0 Å².